The molecular formula is C10H8BrClFN. The molecule has 0 spiro atoms. The van der Waals surface area contributed by atoms with E-state index in [4.69, 9.17) is 16.9 Å². The van der Waals surface area contributed by atoms with E-state index >= 15 is 0 Å². The first-order chi connectivity index (χ1) is 6.38. The molecule has 0 bridgehead atoms. The average Bonchev–Trinajstić information content (AvgIpc) is 2.11. The minimum atomic E-state index is -0.850. The van der Waals surface area contributed by atoms with Crippen molar-refractivity contribution in [1.29, 1.82) is 5.26 Å². The van der Waals surface area contributed by atoms with Crippen LogP contribution in [0.3, 0.4) is 0 Å². The Balaban J connectivity index is 3.38. The molecule has 0 radical (unpaired) electrons. The van der Waals surface area contributed by atoms with Crippen LogP contribution in [0.1, 0.15) is 19.4 Å². The van der Waals surface area contributed by atoms with E-state index in [0.717, 1.165) is 0 Å². The second-order valence-electron chi connectivity index (χ2n) is 3.48. The summed E-state index contributed by atoms with van der Waals surface area (Å²) in [6.07, 6.45) is 0. The molecule has 0 amide bonds. The topological polar surface area (TPSA) is 23.8 Å². The monoisotopic (exact) mass is 275 g/mol. The zero-order chi connectivity index (χ0) is 10.9. The Morgan fingerprint density at radius 1 is 1.50 bits per heavy atom. The Hall–Kier alpha value is -0.590. The second-order valence-corrected chi connectivity index (χ2v) is 4.74. The predicted molar refractivity (Wildman–Crippen MR) is 57.7 cm³/mol. The van der Waals surface area contributed by atoms with Crippen LogP contribution in [0.4, 0.5) is 4.39 Å². The van der Waals surface area contributed by atoms with Gasteiger partial charge in [-0.3, -0.25) is 0 Å². The van der Waals surface area contributed by atoms with Gasteiger partial charge in [0.1, 0.15) is 5.82 Å². The van der Waals surface area contributed by atoms with Crippen LogP contribution in [0.2, 0.25) is 5.02 Å². The van der Waals surface area contributed by atoms with Crippen molar-refractivity contribution in [2.45, 2.75) is 19.3 Å². The third-order valence-corrected chi connectivity index (χ3v) is 3.16. The van der Waals surface area contributed by atoms with Crippen molar-refractivity contribution in [1.82, 2.24) is 0 Å². The summed E-state index contributed by atoms with van der Waals surface area (Å²) in [5, 5.41) is 9.17. The summed E-state index contributed by atoms with van der Waals surface area (Å²) < 4.78 is 14.1. The van der Waals surface area contributed by atoms with Gasteiger partial charge in [-0.15, -0.1) is 0 Å². The molecular weight excluding hydrogens is 268 g/mol. The lowest BCUT2D eigenvalue weighted by atomic mass is 9.86. The first-order valence-electron chi connectivity index (χ1n) is 3.95. The molecule has 0 N–H and O–H groups in total. The lowest BCUT2D eigenvalue weighted by molar-refractivity contribution is 0.564. The van der Waals surface area contributed by atoms with Crippen molar-refractivity contribution in [2.75, 3.05) is 0 Å². The van der Waals surface area contributed by atoms with Crippen molar-refractivity contribution in [2.24, 2.45) is 0 Å². The summed E-state index contributed by atoms with van der Waals surface area (Å²) in [5.41, 5.74) is -0.506. The molecule has 0 heterocycles. The summed E-state index contributed by atoms with van der Waals surface area (Å²) in [6, 6.07) is 4.79. The minimum absolute atomic E-state index is 0.306. The fraction of sp³-hybridized carbons (Fsp3) is 0.300. The van der Waals surface area contributed by atoms with E-state index in [9.17, 15) is 4.39 Å². The van der Waals surface area contributed by atoms with Gasteiger partial charge in [-0.1, -0.05) is 11.6 Å². The first kappa shape index (κ1) is 11.5. The van der Waals surface area contributed by atoms with Crippen LogP contribution in [0, 0.1) is 17.1 Å². The molecule has 1 aromatic rings. The Morgan fingerprint density at radius 2 is 2.07 bits per heavy atom. The third kappa shape index (κ3) is 2.08. The molecule has 0 saturated carbocycles. The normalized spacial score (nSPS) is 11.1. The maximum Gasteiger partial charge on any atom is 0.129 e. The Morgan fingerprint density at radius 3 is 2.57 bits per heavy atom. The van der Waals surface area contributed by atoms with Crippen molar-refractivity contribution in [3.8, 4) is 6.07 Å². The number of rotatable bonds is 1. The van der Waals surface area contributed by atoms with Crippen molar-refractivity contribution in [3.63, 3.8) is 0 Å². The largest absolute Gasteiger partial charge is 0.207 e. The highest BCUT2D eigenvalue weighted by atomic mass is 79.9. The minimum Gasteiger partial charge on any atom is -0.207 e. The van der Waals surface area contributed by atoms with Crippen LogP contribution in [-0.2, 0) is 5.41 Å². The van der Waals surface area contributed by atoms with E-state index in [1.807, 2.05) is 6.07 Å². The predicted octanol–water partition coefficient (Wildman–Crippen LogP) is 4.04. The third-order valence-electron chi connectivity index (χ3n) is 1.96. The molecule has 0 aromatic heterocycles. The molecule has 0 aliphatic carbocycles. The Bertz CT molecular complexity index is 409. The quantitative estimate of drug-likeness (QED) is 0.710. The van der Waals surface area contributed by atoms with Crippen LogP contribution >= 0.6 is 27.5 Å². The summed E-state index contributed by atoms with van der Waals surface area (Å²) >= 11 is 8.90. The molecule has 14 heavy (non-hydrogen) atoms. The molecule has 74 valence electrons. The van der Waals surface area contributed by atoms with Crippen LogP contribution in [0.5, 0.6) is 0 Å². The average molecular weight is 277 g/mol. The highest BCUT2D eigenvalue weighted by Gasteiger charge is 2.24. The van der Waals surface area contributed by atoms with E-state index in [1.165, 1.54) is 6.07 Å². The van der Waals surface area contributed by atoms with Crippen molar-refractivity contribution in [3.05, 3.63) is 33.0 Å². The Kier molecular flexibility index (Phi) is 3.18. The number of hydrogen-bond donors (Lipinski definition) is 0. The zero-order valence-corrected chi connectivity index (χ0v) is 10.1. The molecule has 1 rings (SSSR count). The molecule has 1 nitrogen and oxygen atoms in total. The molecule has 0 aliphatic heterocycles. The van der Waals surface area contributed by atoms with Gasteiger partial charge in [-0.25, -0.2) is 4.39 Å². The highest BCUT2D eigenvalue weighted by molar-refractivity contribution is 9.10. The lowest BCUT2D eigenvalue weighted by Crippen LogP contribution is -2.16. The highest BCUT2D eigenvalue weighted by Crippen LogP contribution is 2.32. The van der Waals surface area contributed by atoms with Crippen LogP contribution in [0.15, 0.2) is 16.6 Å². The van der Waals surface area contributed by atoms with Crippen LogP contribution < -0.4 is 0 Å². The molecule has 0 unspecified atom stereocenters. The molecule has 0 saturated heterocycles. The maximum atomic E-state index is 13.5. The van der Waals surface area contributed by atoms with Gasteiger partial charge >= 0.3 is 0 Å². The summed E-state index contributed by atoms with van der Waals surface area (Å²) in [4.78, 5) is 0. The number of halogens is 3. The molecule has 4 heteroatoms. The number of benzene rings is 1. The van der Waals surface area contributed by atoms with Gasteiger partial charge in [0.15, 0.2) is 0 Å². The Labute approximate surface area is 95.6 Å². The van der Waals surface area contributed by atoms with E-state index in [0.29, 0.717) is 15.1 Å². The number of nitriles is 1. The fourth-order valence-corrected chi connectivity index (χ4v) is 1.56. The summed E-state index contributed by atoms with van der Waals surface area (Å²) in [6.45, 7) is 3.32. The van der Waals surface area contributed by atoms with Crippen LogP contribution in [0.25, 0.3) is 0 Å². The van der Waals surface area contributed by atoms with E-state index in [1.54, 1.807) is 19.9 Å². The van der Waals surface area contributed by atoms with Crippen molar-refractivity contribution < 1.29 is 4.39 Å². The molecule has 0 atom stereocenters. The summed E-state index contributed by atoms with van der Waals surface area (Å²) in [7, 11) is 0. The molecule has 0 aliphatic rings. The first-order valence-corrected chi connectivity index (χ1v) is 5.12. The van der Waals surface area contributed by atoms with Gasteiger partial charge in [-0.2, -0.15) is 5.26 Å². The van der Waals surface area contributed by atoms with Gasteiger partial charge in [0.05, 0.1) is 16.5 Å². The second kappa shape index (κ2) is 3.88. The van der Waals surface area contributed by atoms with Gasteiger partial charge < -0.3 is 0 Å². The van der Waals surface area contributed by atoms with E-state index in [2.05, 4.69) is 15.9 Å². The smallest absolute Gasteiger partial charge is 0.129 e. The zero-order valence-electron chi connectivity index (χ0n) is 7.74. The lowest BCUT2D eigenvalue weighted by Gasteiger charge is -2.17. The number of nitrogens with zero attached hydrogens (tertiary/aromatic N) is 1. The van der Waals surface area contributed by atoms with Crippen molar-refractivity contribution >= 4 is 27.5 Å². The van der Waals surface area contributed by atoms with Gasteiger partial charge in [0.25, 0.3) is 0 Å². The summed E-state index contributed by atoms with van der Waals surface area (Å²) in [5.74, 6) is -0.454. The SMILES string of the molecule is CC(C)(C#N)c1cc(Br)c(Cl)cc1F. The van der Waals surface area contributed by atoms with E-state index in [-0.39, 0.29) is 0 Å². The van der Waals surface area contributed by atoms with Gasteiger partial charge in [0.2, 0.25) is 0 Å². The maximum absolute atomic E-state index is 13.5. The molecule has 0 fully saturated rings. The molecule has 1 aromatic carbocycles. The number of hydrogen-bond acceptors (Lipinski definition) is 1. The standard InChI is InChI=1S/C10H8BrClFN/c1-10(2,5-14)6-3-7(11)8(12)4-9(6)13/h3-4H,1-2H3. The fourth-order valence-electron chi connectivity index (χ4n) is 1.06. The van der Waals surface area contributed by atoms with Gasteiger partial charge in [-0.05, 0) is 41.9 Å². The van der Waals surface area contributed by atoms with Crippen LogP contribution in [-0.4, -0.2) is 0 Å². The van der Waals surface area contributed by atoms with Gasteiger partial charge in [0, 0.05) is 10.0 Å². The van der Waals surface area contributed by atoms with E-state index < -0.39 is 11.2 Å².